The molecule has 0 aliphatic heterocycles. The molecule has 24 heavy (non-hydrogen) atoms. The van der Waals surface area contributed by atoms with Gasteiger partial charge in [0.15, 0.2) is 0 Å². The van der Waals surface area contributed by atoms with Gasteiger partial charge in [-0.3, -0.25) is 4.79 Å². The molecule has 5 nitrogen and oxygen atoms in total. The lowest BCUT2D eigenvalue weighted by Gasteiger charge is -2.21. The van der Waals surface area contributed by atoms with Crippen LogP contribution in [-0.4, -0.2) is 22.4 Å². The predicted molar refractivity (Wildman–Crippen MR) is 95.1 cm³/mol. The predicted octanol–water partition coefficient (Wildman–Crippen LogP) is 3.02. The molecule has 0 bridgehead atoms. The van der Waals surface area contributed by atoms with E-state index in [1.165, 1.54) is 0 Å². The second kappa shape index (κ2) is 7.62. The van der Waals surface area contributed by atoms with E-state index in [0.29, 0.717) is 12.5 Å². The largest absolute Gasteiger partial charge is 0.346 e. The fourth-order valence-corrected chi connectivity index (χ4v) is 3.58. The molecule has 1 aromatic heterocycles. The number of carbonyl (C=O) groups excluding carboxylic acids is 1. The lowest BCUT2D eigenvalue weighted by atomic mass is 9.95. The lowest BCUT2D eigenvalue weighted by molar-refractivity contribution is -0.126. The Hall–Kier alpha value is -2.14. The van der Waals surface area contributed by atoms with Crippen LogP contribution in [0.3, 0.4) is 0 Å². The smallest absolute Gasteiger partial charge is 0.224 e. The Balaban J connectivity index is 1.70. The second-order valence-corrected chi connectivity index (χ2v) is 6.55. The maximum absolute atomic E-state index is 12.6. The van der Waals surface area contributed by atoms with Crippen molar-refractivity contribution < 1.29 is 4.79 Å². The van der Waals surface area contributed by atoms with Crippen molar-refractivity contribution in [2.75, 3.05) is 6.54 Å². The van der Waals surface area contributed by atoms with Gasteiger partial charge in [0.25, 0.3) is 0 Å². The van der Waals surface area contributed by atoms with Crippen LogP contribution in [0.4, 0.5) is 0 Å². The van der Waals surface area contributed by atoms with Gasteiger partial charge in [-0.1, -0.05) is 43.7 Å². The standard InChI is InChI=1S/C19H26N4O/c1-2-16(23-19(24)15-10-6-9-14(15)11-20)18-21-12-17(22-18)13-7-4-3-5-8-13/h3-5,7-8,12,14-16H,2,6,9-11,20H2,1H3,(H,21,22)(H,23,24)/t14-,15-,16?/m1/s1. The van der Waals surface area contributed by atoms with E-state index in [-0.39, 0.29) is 17.9 Å². The van der Waals surface area contributed by atoms with Crippen LogP contribution in [0.2, 0.25) is 0 Å². The van der Waals surface area contributed by atoms with Gasteiger partial charge in [0.2, 0.25) is 5.91 Å². The molecule has 0 spiro atoms. The minimum atomic E-state index is -0.0889. The molecule has 3 atom stereocenters. The first-order valence-corrected chi connectivity index (χ1v) is 8.83. The molecule has 3 rings (SSSR count). The molecule has 1 amide bonds. The lowest BCUT2D eigenvalue weighted by Crippen LogP contribution is -2.37. The highest BCUT2D eigenvalue weighted by atomic mass is 16.2. The summed E-state index contributed by atoms with van der Waals surface area (Å²) in [6.07, 6.45) is 5.72. The number of amides is 1. The molecular weight excluding hydrogens is 300 g/mol. The number of hydrogen-bond donors (Lipinski definition) is 3. The average molecular weight is 326 g/mol. The SMILES string of the molecule is CCC(NC(=O)[C@@H]1CCC[C@@H]1CN)c1ncc(-c2ccccc2)[nH]1. The van der Waals surface area contributed by atoms with Crippen LogP contribution in [0.5, 0.6) is 0 Å². The molecule has 2 aromatic rings. The molecule has 0 saturated heterocycles. The quantitative estimate of drug-likeness (QED) is 0.763. The summed E-state index contributed by atoms with van der Waals surface area (Å²) in [5.41, 5.74) is 7.87. The van der Waals surface area contributed by atoms with Gasteiger partial charge in [0.05, 0.1) is 17.9 Å². The van der Waals surface area contributed by atoms with Crippen LogP contribution in [0, 0.1) is 11.8 Å². The number of nitrogens with two attached hydrogens (primary N) is 1. The van der Waals surface area contributed by atoms with E-state index in [2.05, 4.69) is 22.2 Å². The topological polar surface area (TPSA) is 83.8 Å². The first kappa shape index (κ1) is 16.7. The number of H-pyrrole nitrogens is 1. The third-order valence-electron chi connectivity index (χ3n) is 5.03. The van der Waals surface area contributed by atoms with Crippen molar-refractivity contribution in [1.29, 1.82) is 0 Å². The van der Waals surface area contributed by atoms with Gasteiger partial charge in [-0.25, -0.2) is 4.98 Å². The normalized spacial score (nSPS) is 21.6. The number of aromatic amines is 1. The molecule has 5 heteroatoms. The van der Waals surface area contributed by atoms with Gasteiger partial charge in [-0.15, -0.1) is 0 Å². The van der Waals surface area contributed by atoms with Crippen molar-refractivity contribution in [3.05, 3.63) is 42.4 Å². The van der Waals surface area contributed by atoms with Crippen molar-refractivity contribution in [1.82, 2.24) is 15.3 Å². The van der Waals surface area contributed by atoms with E-state index in [9.17, 15) is 4.79 Å². The maximum atomic E-state index is 12.6. The zero-order chi connectivity index (χ0) is 16.9. The molecule has 128 valence electrons. The van der Waals surface area contributed by atoms with Gasteiger partial charge in [0, 0.05) is 5.92 Å². The Labute approximate surface area is 143 Å². The van der Waals surface area contributed by atoms with Crippen LogP contribution in [0.1, 0.15) is 44.5 Å². The molecule has 1 heterocycles. The van der Waals surface area contributed by atoms with E-state index < -0.39 is 0 Å². The number of nitrogens with one attached hydrogen (secondary N) is 2. The summed E-state index contributed by atoms with van der Waals surface area (Å²) in [6.45, 7) is 2.65. The highest BCUT2D eigenvalue weighted by molar-refractivity contribution is 5.79. The van der Waals surface area contributed by atoms with E-state index in [1.54, 1.807) is 0 Å². The van der Waals surface area contributed by atoms with Gasteiger partial charge in [-0.05, 0) is 37.3 Å². The minimum absolute atomic E-state index is 0.0487. The van der Waals surface area contributed by atoms with Gasteiger partial charge >= 0.3 is 0 Å². The highest BCUT2D eigenvalue weighted by Gasteiger charge is 2.33. The second-order valence-electron chi connectivity index (χ2n) is 6.55. The van der Waals surface area contributed by atoms with E-state index in [4.69, 9.17) is 5.73 Å². The number of hydrogen-bond acceptors (Lipinski definition) is 3. The number of nitrogens with zero attached hydrogens (tertiary/aromatic N) is 1. The first-order chi connectivity index (χ1) is 11.7. The fraction of sp³-hybridized carbons (Fsp3) is 0.474. The fourth-order valence-electron chi connectivity index (χ4n) is 3.58. The summed E-state index contributed by atoms with van der Waals surface area (Å²) in [6, 6.07) is 9.99. The Bertz CT molecular complexity index is 667. The summed E-state index contributed by atoms with van der Waals surface area (Å²) in [5.74, 6) is 1.30. The molecular formula is C19H26N4O. The van der Waals surface area contributed by atoms with Gasteiger partial charge in [0.1, 0.15) is 5.82 Å². The van der Waals surface area contributed by atoms with Crippen molar-refractivity contribution in [2.45, 2.75) is 38.6 Å². The Kier molecular flexibility index (Phi) is 5.30. The molecule has 4 N–H and O–H groups in total. The Morgan fingerprint density at radius 2 is 2.17 bits per heavy atom. The molecule has 1 aromatic carbocycles. The van der Waals surface area contributed by atoms with Crippen molar-refractivity contribution in [3.8, 4) is 11.3 Å². The van der Waals surface area contributed by atoms with Crippen molar-refractivity contribution >= 4 is 5.91 Å². The third-order valence-corrected chi connectivity index (χ3v) is 5.03. The zero-order valence-electron chi connectivity index (χ0n) is 14.2. The van der Waals surface area contributed by atoms with Crippen LogP contribution < -0.4 is 11.1 Å². The first-order valence-electron chi connectivity index (χ1n) is 8.83. The van der Waals surface area contributed by atoms with E-state index >= 15 is 0 Å². The summed E-state index contributed by atoms with van der Waals surface area (Å²) in [7, 11) is 0. The Morgan fingerprint density at radius 1 is 1.38 bits per heavy atom. The van der Waals surface area contributed by atoms with Crippen molar-refractivity contribution in [3.63, 3.8) is 0 Å². The summed E-state index contributed by atoms with van der Waals surface area (Å²) < 4.78 is 0. The number of imidazole rings is 1. The monoisotopic (exact) mass is 326 g/mol. The minimum Gasteiger partial charge on any atom is -0.346 e. The van der Waals surface area contributed by atoms with E-state index in [0.717, 1.165) is 42.8 Å². The Morgan fingerprint density at radius 3 is 2.88 bits per heavy atom. The molecule has 1 aliphatic carbocycles. The molecule has 1 saturated carbocycles. The summed E-state index contributed by atoms with van der Waals surface area (Å²) >= 11 is 0. The van der Waals surface area contributed by atoms with Crippen LogP contribution in [0.15, 0.2) is 36.5 Å². The summed E-state index contributed by atoms with van der Waals surface area (Å²) in [4.78, 5) is 20.5. The van der Waals surface area contributed by atoms with Crippen LogP contribution in [-0.2, 0) is 4.79 Å². The highest BCUT2D eigenvalue weighted by Crippen LogP contribution is 2.31. The number of rotatable bonds is 6. The number of aromatic nitrogens is 2. The molecule has 1 aliphatic rings. The van der Waals surface area contributed by atoms with Gasteiger partial charge < -0.3 is 16.0 Å². The maximum Gasteiger partial charge on any atom is 0.224 e. The molecule has 1 unspecified atom stereocenters. The van der Waals surface area contributed by atoms with E-state index in [1.807, 2.05) is 36.5 Å². The number of benzene rings is 1. The molecule has 0 radical (unpaired) electrons. The zero-order valence-corrected chi connectivity index (χ0v) is 14.2. The van der Waals surface area contributed by atoms with Crippen LogP contribution >= 0.6 is 0 Å². The molecule has 1 fully saturated rings. The van der Waals surface area contributed by atoms with Crippen molar-refractivity contribution in [2.24, 2.45) is 17.6 Å². The number of carbonyl (C=O) groups is 1. The van der Waals surface area contributed by atoms with Gasteiger partial charge in [-0.2, -0.15) is 0 Å². The third kappa shape index (κ3) is 3.51. The average Bonchev–Trinajstić information content (AvgIpc) is 3.29. The van der Waals surface area contributed by atoms with Crippen LogP contribution in [0.25, 0.3) is 11.3 Å². The summed E-state index contributed by atoms with van der Waals surface area (Å²) in [5, 5.41) is 3.17.